The number of rotatable bonds is 4. The predicted molar refractivity (Wildman–Crippen MR) is 116 cm³/mol. The number of fused-ring (bicyclic) bond motifs is 1. The molecule has 0 bridgehead atoms. The highest BCUT2D eigenvalue weighted by Gasteiger charge is 2.48. The van der Waals surface area contributed by atoms with E-state index in [9.17, 15) is 14.4 Å². The van der Waals surface area contributed by atoms with Crippen molar-refractivity contribution >= 4 is 18.2 Å². The average Bonchev–Trinajstić information content (AvgIpc) is 2.54. The number of aliphatic carboxylic acids is 1. The van der Waals surface area contributed by atoms with Gasteiger partial charge >= 0.3 is 18.2 Å². The number of benzene rings is 1. The minimum atomic E-state index is -1.04. The Balaban J connectivity index is 2.47. The van der Waals surface area contributed by atoms with Gasteiger partial charge in [0.25, 0.3) is 0 Å². The number of alkyl carbamates (subject to hydrolysis) is 1. The summed E-state index contributed by atoms with van der Waals surface area (Å²) in [5.41, 5.74) is -1.59. The van der Waals surface area contributed by atoms with Crippen molar-refractivity contribution in [2.24, 2.45) is 0 Å². The number of hydrogen-bond donors (Lipinski definition) is 2. The number of ether oxygens (including phenoxy) is 4. The van der Waals surface area contributed by atoms with Crippen LogP contribution in [0.15, 0.2) is 18.2 Å². The Bertz CT molecular complexity index is 879. The SMILES string of the molecule is CC(C)(C)OC(=O)N[C@@H]1c2cc(CC(=O)O)ccc2OC(C)(C)[C@H]1OC(=O)OC(C)(C)C. The summed E-state index contributed by atoms with van der Waals surface area (Å²) in [5.74, 6) is -0.561. The van der Waals surface area contributed by atoms with Crippen molar-refractivity contribution in [3.05, 3.63) is 29.3 Å². The second-order valence-corrected chi connectivity index (χ2v) is 10.3. The first-order chi connectivity index (χ1) is 14.5. The highest BCUT2D eigenvalue weighted by atomic mass is 16.7. The van der Waals surface area contributed by atoms with Gasteiger partial charge in [0.15, 0.2) is 6.10 Å². The van der Waals surface area contributed by atoms with Crippen molar-refractivity contribution < 1.29 is 38.4 Å². The van der Waals surface area contributed by atoms with E-state index in [-0.39, 0.29) is 6.42 Å². The van der Waals surface area contributed by atoms with Crippen LogP contribution in [-0.4, -0.2) is 46.2 Å². The van der Waals surface area contributed by atoms with Gasteiger partial charge in [0.05, 0.1) is 6.42 Å². The van der Waals surface area contributed by atoms with Crippen LogP contribution in [0.25, 0.3) is 0 Å². The summed E-state index contributed by atoms with van der Waals surface area (Å²) in [7, 11) is 0. The van der Waals surface area contributed by atoms with Crippen LogP contribution < -0.4 is 10.1 Å². The third kappa shape index (κ3) is 7.03. The van der Waals surface area contributed by atoms with Crippen molar-refractivity contribution in [2.75, 3.05) is 0 Å². The Labute approximate surface area is 188 Å². The topological polar surface area (TPSA) is 120 Å². The third-order valence-electron chi connectivity index (χ3n) is 4.41. The van der Waals surface area contributed by atoms with Gasteiger partial charge in [0, 0.05) is 5.56 Å². The molecule has 0 aromatic heterocycles. The second-order valence-electron chi connectivity index (χ2n) is 10.3. The molecule has 0 unspecified atom stereocenters. The summed E-state index contributed by atoms with van der Waals surface area (Å²) in [6, 6.07) is 4.03. The molecule has 2 rings (SSSR count). The molecule has 2 atom stereocenters. The maximum atomic E-state index is 12.6. The van der Waals surface area contributed by atoms with Gasteiger partial charge in [0.2, 0.25) is 0 Å². The largest absolute Gasteiger partial charge is 0.509 e. The molecule has 1 aromatic carbocycles. The second kappa shape index (κ2) is 8.88. The van der Waals surface area contributed by atoms with E-state index in [2.05, 4.69) is 5.32 Å². The minimum absolute atomic E-state index is 0.215. The number of nitrogens with one attached hydrogen (secondary N) is 1. The Hall–Kier alpha value is -2.97. The quantitative estimate of drug-likeness (QED) is 0.648. The molecule has 9 nitrogen and oxygen atoms in total. The van der Waals surface area contributed by atoms with E-state index < -0.39 is 47.2 Å². The van der Waals surface area contributed by atoms with Crippen LogP contribution in [-0.2, 0) is 25.4 Å². The van der Waals surface area contributed by atoms with Crippen LogP contribution in [0, 0.1) is 0 Å². The fourth-order valence-electron chi connectivity index (χ4n) is 3.30. The van der Waals surface area contributed by atoms with E-state index in [1.54, 1.807) is 73.6 Å². The molecular weight excluding hydrogens is 418 g/mol. The Morgan fingerprint density at radius 3 is 2.19 bits per heavy atom. The molecular formula is C23H33NO8. The van der Waals surface area contributed by atoms with Gasteiger partial charge < -0.3 is 29.4 Å². The molecule has 2 N–H and O–H groups in total. The van der Waals surface area contributed by atoms with E-state index in [1.807, 2.05) is 0 Å². The Morgan fingerprint density at radius 2 is 1.66 bits per heavy atom. The first-order valence-electron chi connectivity index (χ1n) is 10.4. The number of carboxylic acids is 1. The molecule has 0 fully saturated rings. The fourth-order valence-corrected chi connectivity index (χ4v) is 3.30. The molecule has 0 saturated carbocycles. The molecule has 1 amide bonds. The van der Waals surface area contributed by atoms with Crippen LogP contribution >= 0.6 is 0 Å². The van der Waals surface area contributed by atoms with Gasteiger partial charge in [-0.05, 0) is 73.1 Å². The van der Waals surface area contributed by atoms with Gasteiger partial charge in [-0.3, -0.25) is 4.79 Å². The molecule has 1 aromatic rings. The first-order valence-corrected chi connectivity index (χ1v) is 10.4. The Morgan fingerprint density at radius 1 is 1.06 bits per heavy atom. The Kier molecular flexibility index (Phi) is 7.02. The first kappa shape index (κ1) is 25.3. The maximum absolute atomic E-state index is 12.6. The lowest BCUT2D eigenvalue weighted by molar-refractivity contribution is -0.136. The summed E-state index contributed by atoms with van der Waals surface area (Å²) >= 11 is 0. The van der Waals surface area contributed by atoms with Crippen molar-refractivity contribution in [3.63, 3.8) is 0 Å². The van der Waals surface area contributed by atoms with Crippen molar-refractivity contribution in [1.29, 1.82) is 0 Å². The van der Waals surface area contributed by atoms with Crippen LogP contribution in [0.4, 0.5) is 9.59 Å². The zero-order valence-electron chi connectivity index (χ0n) is 19.9. The maximum Gasteiger partial charge on any atom is 0.509 e. The highest BCUT2D eigenvalue weighted by Crippen LogP contribution is 2.42. The monoisotopic (exact) mass is 451 g/mol. The lowest BCUT2D eigenvalue weighted by Gasteiger charge is -2.44. The lowest BCUT2D eigenvalue weighted by atomic mass is 9.85. The molecule has 178 valence electrons. The van der Waals surface area contributed by atoms with E-state index >= 15 is 0 Å². The average molecular weight is 452 g/mol. The summed E-state index contributed by atoms with van der Waals surface area (Å²) in [5, 5.41) is 11.9. The van der Waals surface area contributed by atoms with Gasteiger partial charge in [-0.15, -0.1) is 0 Å². The number of carbonyl (C=O) groups excluding carboxylic acids is 2. The molecule has 0 aliphatic carbocycles. The van der Waals surface area contributed by atoms with E-state index in [0.29, 0.717) is 16.9 Å². The molecule has 32 heavy (non-hydrogen) atoms. The molecule has 1 aliphatic rings. The smallest absolute Gasteiger partial charge is 0.484 e. The van der Waals surface area contributed by atoms with Crippen LogP contribution in [0.2, 0.25) is 0 Å². The van der Waals surface area contributed by atoms with Crippen LogP contribution in [0.3, 0.4) is 0 Å². The van der Waals surface area contributed by atoms with Crippen molar-refractivity contribution in [1.82, 2.24) is 5.32 Å². The van der Waals surface area contributed by atoms with Gasteiger partial charge in [0.1, 0.15) is 28.6 Å². The van der Waals surface area contributed by atoms with E-state index in [0.717, 1.165) is 0 Å². The molecule has 0 spiro atoms. The number of carbonyl (C=O) groups is 3. The number of carboxylic acid groups (broad SMARTS) is 1. The van der Waals surface area contributed by atoms with Crippen molar-refractivity contribution in [2.45, 2.75) is 90.8 Å². The van der Waals surface area contributed by atoms with Gasteiger partial charge in [-0.2, -0.15) is 0 Å². The van der Waals surface area contributed by atoms with Crippen LogP contribution in [0.1, 0.15) is 72.6 Å². The van der Waals surface area contributed by atoms with E-state index in [4.69, 9.17) is 24.1 Å². The summed E-state index contributed by atoms with van der Waals surface area (Å²) < 4.78 is 22.4. The van der Waals surface area contributed by atoms with Crippen molar-refractivity contribution in [3.8, 4) is 5.75 Å². The molecule has 0 radical (unpaired) electrons. The molecule has 1 heterocycles. The summed E-state index contributed by atoms with van der Waals surface area (Å²) in [4.78, 5) is 36.3. The van der Waals surface area contributed by atoms with Gasteiger partial charge in [-0.1, -0.05) is 6.07 Å². The lowest BCUT2D eigenvalue weighted by Crippen LogP contribution is -2.56. The fraction of sp³-hybridized carbons (Fsp3) is 0.609. The van der Waals surface area contributed by atoms with Gasteiger partial charge in [-0.25, -0.2) is 9.59 Å². The highest BCUT2D eigenvalue weighted by molar-refractivity contribution is 5.71. The van der Waals surface area contributed by atoms with Crippen LogP contribution in [0.5, 0.6) is 5.75 Å². The number of hydrogen-bond acceptors (Lipinski definition) is 7. The summed E-state index contributed by atoms with van der Waals surface area (Å²) in [6.45, 7) is 13.8. The number of amides is 1. The zero-order chi connectivity index (χ0) is 24.5. The zero-order valence-corrected chi connectivity index (χ0v) is 19.9. The third-order valence-corrected chi connectivity index (χ3v) is 4.41. The standard InChI is InChI=1S/C23H33NO8/c1-21(2,3)31-19(27)24-17-14-11-13(12-16(25)26)9-10-15(14)30-23(7,8)18(17)29-20(28)32-22(4,5)6/h9-11,17-18H,12H2,1-8H3,(H,24,27)(H,25,26)/t17-,18+/m1/s1. The predicted octanol–water partition coefficient (Wildman–Crippen LogP) is 4.37. The molecule has 1 aliphatic heterocycles. The minimum Gasteiger partial charge on any atom is -0.484 e. The molecule has 0 saturated heterocycles. The summed E-state index contributed by atoms with van der Waals surface area (Å²) in [6.07, 6.45) is -2.83. The normalized spacial score (nSPS) is 19.8. The van der Waals surface area contributed by atoms with E-state index in [1.165, 1.54) is 0 Å². The molecule has 9 heteroatoms.